The molecule has 1 saturated heterocycles. The summed E-state index contributed by atoms with van der Waals surface area (Å²) in [6.07, 6.45) is -4.77. The highest BCUT2D eigenvalue weighted by molar-refractivity contribution is 9.10. The SMILES string of the molecule is O=C1CN(c2ccc(C[C@H](NS(=O)(=O)c3ccc(Br)cc3OOF)c3nc4ccc(C(F)(F)F)cc4[nH]3)cc2)S(=O)(=O)N1. The molecule has 0 radical (unpaired) electrons. The van der Waals surface area contributed by atoms with Crippen LogP contribution in [0.2, 0.25) is 0 Å². The van der Waals surface area contributed by atoms with Crippen LogP contribution < -0.4 is 18.6 Å². The maximum Gasteiger partial charge on any atom is 0.416 e. The summed E-state index contributed by atoms with van der Waals surface area (Å²) in [6.45, 7) is -0.427. The molecule has 1 amide bonds. The van der Waals surface area contributed by atoms with Crippen molar-refractivity contribution >= 4 is 58.8 Å². The lowest BCUT2D eigenvalue weighted by molar-refractivity contribution is -0.369. The summed E-state index contributed by atoms with van der Waals surface area (Å²) in [5, 5.41) is 3.16. The number of anilines is 1. The number of sulfonamides is 1. The Hall–Kier alpha value is -3.78. The van der Waals surface area contributed by atoms with E-state index in [1.807, 2.05) is 4.72 Å². The van der Waals surface area contributed by atoms with E-state index in [0.29, 0.717) is 10.0 Å². The summed E-state index contributed by atoms with van der Waals surface area (Å²) in [6, 6.07) is 10.9. The smallest absolute Gasteiger partial charge is 0.341 e. The molecule has 1 atom stereocenters. The topological polar surface area (TPSA) is 160 Å². The summed E-state index contributed by atoms with van der Waals surface area (Å²) in [7, 11) is -8.59. The summed E-state index contributed by atoms with van der Waals surface area (Å²) >= 11 is 3.11. The summed E-state index contributed by atoms with van der Waals surface area (Å²) in [5.41, 5.74) is -0.235. The summed E-state index contributed by atoms with van der Waals surface area (Å²) in [5.74, 6) is -1.28. The molecule has 1 aliphatic rings. The zero-order valence-corrected chi connectivity index (χ0v) is 24.4. The number of imidazole rings is 1. The van der Waals surface area contributed by atoms with Crippen molar-refractivity contribution in [1.29, 1.82) is 0 Å². The van der Waals surface area contributed by atoms with E-state index in [2.05, 4.69) is 40.6 Å². The maximum atomic E-state index is 13.5. The van der Waals surface area contributed by atoms with Crippen molar-refractivity contribution in [2.45, 2.75) is 23.5 Å². The van der Waals surface area contributed by atoms with E-state index in [9.17, 15) is 39.3 Å². The highest BCUT2D eigenvalue weighted by Gasteiger charge is 2.34. The molecule has 0 unspecified atom stereocenters. The van der Waals surface area contributed by atoms with Crippen molar-refractivity contribution in [3.05, 3.63) is 82.1 Å². The Morgan fingerprint density at radius 1 is 1.09 bits per heavy atom. The molecule has 2 heterocycles. The Kier molecular flexibility index (Phi) is 8.11. The molecule has 0 bridgehead atoms. The largest absolute Gasteiger partial charge is 0.416 e. The van der Waals surface area contributed by atoms with Crippen LogP contribution in [0.3, 0.4) is 0 Å². The zero-order valence-electron chi connectivity index (χ0n) is 21.2. The zero-order chi connectivity index (χ0) is 31.2. The van der Waals surface area contributed by atoms with Gasteiger partial charge in [-0.2, -0.15) is 21.6 Å². The third kappa shape index (κ3) is 6.59. The lowest BCUT2D eigenvalue weighted by Crippen LogP contribution is -2.31. The standard InChI is InChI=1S/C24H18BrF4N5O7S2/c25-15-4-8-21(20(11-15)40-41-29)42(36,37)32-19(23-30-17-7-3-14(24(26,27)28)10-18(17)31-23)9-13-1-5-16(6-2-13)34-12-22(35)33-43(34,38)39/h1-8,10-11,19,32H,9,12H2,(H,30,31)(H,33,35)/t19-/m0/s1. The number of alkyl halides is 3. The molecule has 4 aromatic rings. The second-order valence-electron chi connectivity index (χ2n) is 9.17. The van der Waals surface area contributed by atoms with Gasteiger partial charge in [-0.05, 0) is 59.0 Å². The lowest BCUT2D eigenvalue weighted by Gasteiger charge is -2.19. The van der Waals surface area contributed by atoms with Crippen LogP contribution >= 0.6 is 15.9 Å². The Labute approximate surface area is 249 Å². The Morgan fingerprint density at radius 2 is 1.81 bits per heavy atom. The Balaban J connectivity index is 1.52. The number of hydrogen-bond acceptors (Lipinski definition) is 8. The van der Waals surface area contributed by atoms with Crippen molar-refractivity contribution < 1.29 is 49.3 Å². The fourth-order valence-electron chi connectivity index (χ4n) is 4.33. The van der Waals surface area contributed by atoms with E-state index in [0.717, 1.165) is 34.6 Å². The van der Waals surface area contributed by atoms with Gasteiger partial charge in [0.2, 0.25) is 10.0 Å². The number of carbonyl (C=O) groups excluding carboxylic acids is 1. The number of amides is 1. The number of aromatic nitrogens is 2. The molecule has 228 valence electrons. The first-order valence-corrected chi connectivity index (χ1v) is 15.6. The van der Waals surface area contributed by atoms with Crippen LogP contribution in [0.1, 0.15) is 23.0 Å². The molecule has 1 fully saturated rings. The average Bonchev–Trinajstić information content (AvgIpc) is 3.47. The number of rotatable bonds is 9. The molecule has 3 aromatic carbocycles. The second kappa shape index (κ2) is 11.4. The van der Waals surface area contributed by atoms with Crippen molar-refractivity contribution in [3.63, 3.8) is 0 Å². The van der Waals surface area contributed by atoms with Crippen molar-refractivity contribution in [2.75, 3.05) is 10.8 Å². The number of aromatic amines is 1. The molecule has 0 spiro atoms. The average molecular weight is 708 g/mol. The van der Waals surface area contributed by atoms with Gasteiger partial charge in [-0.3, -0.25) is 4.79 Å². The van der Waals surface area contributed by atoms with Gasteiger partial charge in [0.15, 0.2) is 5.75 Å². The van der Waals surface area contributed by atoms with E-state index in [1.54, 1.807) is 0 Å². The van der Waals surface area contributed by atoms with Crippen LogP contribution in [0.4, 0.5) is 23.4 Å². The first-order chi connectivity index (χ1) is 20.2. The lowest BCUT2D eigenvalue weighted by atomic mass is 10.1. The Morgan fingerprint density at radius 3 is 2.44 bits per heavy atom. The van der Waals surface area contributed by atoms with Crippen LogP contribution in [0.25, 0.3) is 11.0 Å². The fourth-order valence-corrected chi connectivity index (χ4v) is 7.12. The van der Waals surface area contributed by atoms with Crippen molar-refractivity contribution in [3.8, 4) is 5.75 Å². The highest BCUT2D eigenvalue weighted by atomic mass is 79.9. The van der Waals surface area contributed by atoms with Crippen LogP contribution in [-0.4, -0.2) is 39.3 Å². The van der Waals surface area contributed by atoms with Crippen LogP contribution in [0, 0.1) is 0 Å². The molecule has 3 N–H and O–H groups in total. The second-order valence-corrected chi connectivity index (χ2v) is 13.4. The number of fused-ring (bicyclic) bond motifs is 1. The maximum absolute atomic E-state index is 13.5. The number of hydrogen-bond donors (Lipinski definition) is 3. The predicted octanol–water partition coefficient (Wildman–Crippen LogP) is 3.98. The van der Waals surface area contributed by atoms with Crippen LogP contribution in [0.15, 0.2) is 70.0 Å². The summed E-state index contributed by atoms with van der Waals surface area (Å²) < 4.78 is 109. The number of nitrogens with zero attached hydrogens (tertiary/aromatic N) is 2. The van der Waals surface area contributed by atoms with E-state index >= 15 is 0 Å². The molecule has 1 aromatic heterocycles. The fraction of sp³-hybridized carbons (Fsp3) is 0.167. The summed E-state index contributed by atoms with van der Waals surface area (Å²) in [4.78, 5) is 22.4. The van der Waals surface area contributed by atoms with Crippen molar-refractivity contribution in [1.82, 2.24) is 19.4 Å². The van der Waals surface area contributed by atoms with Gasteiger partial charge in [-0.25, -0.2) is 27.2 Å². The third-order valence-electron chi connectivity index (χ3n) is 6.26. The molecular weight excluding hydrogens is 690 g/mol. The molecule has 0 saturated carbocycles. The third-order valence-corrected chi connectivity index (χ3v) is 9.67. The Bertz CT molecular complexity index is 1920. The van der Waals surface area contributed by atoms with Crippen LogP contribution in [0.5, 0.6) is 5.75 Å². The van der Waals surface area contributed by atoms with E-state index in [-0.39, 0.29) is 29.0 Å². The molecule has 43 heavy (non-hydrogen) atoms. The molecular formula is C24H18BrF4N5O7S2. The number of halogens is 5. The quantitative estimate of drug-likeness (QED) is 0.134. The van der Waals surface area contributed by atoms with Gasteiger partial charge in [0.05, 0.1) is 28.3 Å². The predicted molar refractivity (Wildman–Crippen MR) is 146 cm³/mol. The van der Waals surface area contributed by atoms with Gasteiger partial charge in [0, 0.05) is 15.6 Å². The highest BCUT2D eigenvalue weighted by Crippen LogP contribution is 2.33. The minimum atomic E-state index is -4.64. The molecule has 19 heteroatoms. The van der Waals surface area contributed by atoms with Gasteiger partial charge < -0.3 is 9.87 Å². The van der Waals surface area contributed by atoms with Gasteiger partial charge in [-0.1, -0.05) is 28.1 Å². The van der Waals surface area contributed by atoms with E-state index < -0.39 is 61.1 Å². The first kappa shape index (κ1) is 30.7. The van der Waals surface area contributed by atoms with E-state index in [4.69, 9.17) is 0 Å². The normalized spacial score (nSPS) is 15.9. The number of carbonyl (C=O) groups is 1. The van der Waals surface area contributed by atoms with Crippen LogP contribution in [-0.2, 0) is 42.7 Å². The number of H-pyrrole nitrogens is 1. The molecule has 1 aliphatic heterocycles. The molecule has 0 aliphatic carbocycles. The first-order valence-electron chi connectivity index (χ1n) is 11.9. The van der Waals surface area contributed by atoms with E-state index in [1.165, 1.54) is 30.3 Å². The van der Waals surface area contributed by atoms with Gasteiger partial charge in [0.1, 0.15) is 17.3 Å². The minimum absolute atomic E-state index is 0.0146. The van der Waals surface area contributed by atoms with Gasteiger partial charge in [0.25, 0.3) is 5.91 Å². The minimum Gasteiger partial charge on any atom is -0.341 e. The molecule has 5 rings (SSSR count). The number of benzene rings is 3. The molecule has 12 nitrogen and oxygen atoms in total. The van der Waals surface area contributed by atoms with Gasteiger partial charge in [-0.15, -0.1) is 0 Å². The van der Waals surface area contributed by atoms with Gasteiger partial charge >= 0.3 is 16.4 Å². The number of nitrogens with one attached hydrogen (secondary N) is 3. The monoisotopic (exact) mass is 707 g/mol. The van der Waals surface area contributed by atoms with Crippen molar-refractivity contribution in [2.24, 2.45) is 0 Å².